The summed E-state index contributed by atoms with van der Waals surface area (Å²) in [6.45, 7) is -0.152. The Balaban J connectivity index is 1.01. The molecule has 0 spiro atoms. The molecule has 49 nitrogen and oxygen atoms in total. The van der Waals surface area contributed by atoms with E-state index in [2.05, 4.69) is 26.6 Å². The van der Waals surface area contributed by atoms with Crippen LogP contribution in [0.25, 0.3) is 0 Å². The standard InChI is InChI=1S/C64H107N5O44/c1-15-34(81)45(92)47(94)61(98-15)112-54-52(110-58-29(65-17(3)76)42(89)36(83)22(8-70)102-58)39(86)25(11-73)104-63(54)107-49-27(13-75)106-60(31(44(49)91)67-19(5)78)108-51-33(69-21(7)80)57(101-24(10-72)38(51)85)97-14-28-41(88)50(32(56(96)100-28)68-20(6)79)109-64-55(113-62-48(95)46(93)35(82)16(2)99-62)53(40(87)26(12-74)105-64)111-59-30(66-18(4)77)43(90)37(84)23(9-71)103-59/h15-16,22-64,70-75,81-96H,8-14H2,1-7H3,(H,65,76)(H,66,77)(H,67,78)(H,68,79)(H,69,80)/t15-,16-,22+,23+,24+,25+,26+,27+,28+,29+,30+,31+,32+,33+,34+,35+,36-,37-,38+,39-,40-,41-,42+,43+,44+,45+,46+,47-,48-,49+,50+,51+,52-,53-,54+,55+,56-,57+,58+,59+,60-,61-,62-,63-,64-/m0/s1. The Morgan fingerprint density at radius 1 is 0.248 bits per heavy atom. The number of amides is 5. The smallest absolute Gasteiger partial charge is 0.217 e. The number of hydrogen-bond donors (Lipinski definition) is 27. The van der Waals surface area contributed by atoms with Gasteiger partial charge in [-0.2, -0.15) is 0 Å². The molecule has 5 amide bonds. The summed E-state index contributed by atoms with van der Waals surface area (Å²) in [5.41, 5.74) is 0. The Morgan fingerprint density at radius 3 is 0.920 bits per heavy atom. The number of rotatable bonds is 28. The van der Waals surface area contributed by atoms with Gasteiger partial charge in [-0.3, -0.25) is 24.0 Å². The molecule has 0 radical (unpaired) electrons. The van der Waals surface area contributed by atoms with Crippen molar-refractivity contribution in [2.24, 2.45) is 0 Å². The topological polar surface area (TPSA) is 747 Å². The first kappa shape index (κ1) is 92.7. The Kier molecular flexibility index (Phi) is 33.0. The number of ether oxygens (including phenoxy) is 17. The molecule has 45 atom stereocenters. The minimum Gasteiger partial charge on any atom is -0.394 e. The fourth-order valence-electron chi connectivity index (χ4n) is 14.7. The van der Waals surface area contributed by atoms with Gasteiger partial charge < -0.3 is 219 Å². The predicted octanol–water partition coefficient (Wildman–Crippen LogP) is -17.9. The van der Waals surface area contributed by atoms with Crippen molar-refractivity contribution in [2.45, 2.75) is 325 Å². The first-order valence-electron chi connectivity index (χ1n) is 36.3. The lowest BCUT2D eigenvalue weighted by Gasteiger charge is -2.52. The number of aliphatic hydroxyl groups is 22. The molecule has 27 N–H and O–H groups in total. The number of carbonyl (C=O) groups excluding carboxylic acids is 5. The van der Waals surface area contributed by atoms with Crippen LogP contribution in [0.5, 0.6) is 0 Å². The Bertz CT molecular complexity index is 3060. The van der Waals surface area contributed by atoms with E-state index in [-0.39, 0.29) is 0 Å². The van der Waals surface area contributed by atoms with Gasteiger partial charge in [-0.15, -0.1) is 0 Å². The summed E-state index contributed by atoms with van der Waals surface area (Å²) in [7, 11) is 0. The first-order chi connectivity index (χ1) is 53.3. The molecule has 0 saturated carbocycles. The van der Waals surface area contributed by atoms with Crippen LogP contribution in [0.1, 0.15) is 48.5 Å². The highest BCUT2D eigenvalue weighted by atomic mass is 16.8. The van der Waals surface area contributed by atoms with Crippen LogP contribution in [0.4, 0.5) is 0 Å². The molecular formula is C64H107N5O44. The van der Waals surface area contributed by atoms with Gasteiger partial charge in [0.25, 0.3) is 0 Å². The molecule has 9 rings (SSSR count). The molecule has 113 heavy (non-hydrogen) atoms. The molecule has 652 valence electrons. The average molecular weight is 1650 g/mol. The van der Waals surface area contributed by atoms with Crippen LogP contribution in [0, 0.1) is 0 Å². The minimum absolute atomic E-state index is 0.834. The van der Waals surface area contributed by atoms with Crippen molar-refractivity contribution in [1.82, 2.24) is 26.6 Å². The van der Waals surface area contributed by atoms with Gasteiger partial charge in [0.2, 0.25) is 29.5 Å². The van der Waals surface area contributed by atoms with Gasteiger partial charge in [-0.1, -0.05) is 0 Å². The minimum atomic E-state index is -2.28. The van der Waals surface area contributed by atoms with Crippen LogP contribution in [0.2, 0.25) is 0 Å². The maximum absolute atomic E-state index is 13.3. The number of carbonyl (C=O) groups is 5. The van der Waals surface area contributed by atoms with Crippen LogP contribution in [-0.4, -0.2) is 464 Å². The van der Waals surface area contributed by atoms with E-state index in [0.717, 1.165) is 34.6 Å². The summed E-state index contributed by atoms with van der Waals surface area (Å²) in [4.78, 5) is 64.5. The largest absolute Gasteiger partial charge is 0.394 e. The van der Waals surface area contributed by atoms with Crippen LogP contribution in [0.15, 0.2) is 0 Å². The quantitative estimate of drug-likeness (QED) is 0.0346. The molecule has 0 aromatic heterocycles. The molecule has 9 aliphatic heterocycles. The van der Waals surface area contributed by atoms with Crippen molar-refractivity contribution >= 4 is 29.5 Å². The maximum Gasteiger partial charge on any atom is 0.217 e. The fraction of sp³-hybridized carbons (Fsp3) is 0.922. The Morgan fingerprint density at radius 2 is 0.531 bits per heavy atom. The second kappa shape index (κ2) is 40.2. The van der Waals surface area contributed by atoms with E-state index in [1.807, 2.05) is 0 Å². The summed E-state index contributed by atoms with van der Waals surface area (Å²) in [5.74, 6) is -4.48. The van der Waals surface area contributed by atoms with Crippen molar-refractivity contribution in [3.63, 3.8) is 0 Å². The van der Waals surface area contributed by atoms with Crippen molar-refractivity contribution in [3.8, 4) is 0 Å². The maximum atomic E-state index is 13.3. The molecule has 9 heterocycles. The van der Waals surface area contributed by atoms with Crippen molar-refractivity contribution in [3.05, 3.63) is 0 Å². The molecule has 49 heteroatoms. The number of hydrogen-bond acceptors (Lipinski definition) is 44. The first-order valence-corrected chi connectivity index (χ1v) is 36.3. The highest BCUT2D eigenvalue weighted by molar-refractivity contribution is 5.75. The molecule has 0 aromatic carbocycles. The van der Waals surface area contributed by atoms with Crippen LogP contribution in [-0.2, 0) is 104 Å². The van der Waals surface area contributed by atoms with Gasteiger partial charge >= 0.3 is 0 Å². The van der Waals surface area contributed by atoms with E-state index >= 15 is 0 Å². The van der Waals surface area contributed by atoms with Gasteiger partial charge in [0.15, 0.2) is 56.6 Å². The second-order valence-corrected chi connectivity index (χ2v) is 28.9. The lowest BCUT2D eigenvalue weighted by atomic mass is 9.93. The van der Waals surface area contributed by atoms with E-state index < -0.39 is 352 Å². The van der Waals surface area contributed by atoms with E-state index in [4.69, 9.17) is 80.5 Å². The zero-order chi connectivity index (χ0) is 83.4. The SMILES string of the molecule is CC(=O)N[C@@H]1[C@@H](O[C@@H]2O[C@H](CO)[C@H](O)[C@H](O[C@H]3O[C@H](CO)[C@H](O)[C@H](O)[C@H]3NC(C)=O)[C@H]2O[C@@H]2O[C@@H](C)[C@@H](O)[C@@H](O)[C@@H]2O)[C@@H](O)[C@@H](CO[C@@H]2O[C@H](CO)[C@@H](O)[C@H](O[C@@H]3O[C@H](CO)[C@@H](O[C@@H]4O[C@H](CO)[C@H](O)[C@H](O[C@H]5O[C@H](CO)[C@H](O)[C@H](O)[C@H]5NC(C)=O)[C@H]4O[C@@H]4O[C@@H](C)[C@@H](O)[C@@H](O)[C@@H]4O)[C@H](O)[C@H]3NC(C)=O)[C@H]2NC(C)=O)O[C@@H]1O. The van der Waals surface area contributed by atoms with E-state index in [1.54, 1.807) is 0 Å². The van der Waals surface area contributed by atoms with Gasteiger partial charge in [-0.05, 0) is 13.8 Å². The molecule has 0 aromatic rings. The third-order valence-corrected chi connectivity index (χ3v) is 20.7. The van der Waals surface area contributed by atoms with Crippen molar-refractivity contribution < 1.29 is 217 Å². The molecule has 0 bridgehead atoms. The molecule has 9 aliphatic rings. The zero-order valence-corrected chi connectivity index (χ0v) is 61.8. The van der Waals surface area contributed by atoms with Crippen LogP contribution < -0.4 is 26.6 Å². The second-order valence-electron chi connectivity index (χ2n) is 28.9. The normalized spacial score (nSPS) is 48.5. The lowest BCUT2D eigenvalue weighted by molar-refractivity contribution is -0.400. The summed E-state index contributed by atoms with van der Waals surface area (Å²) < 4.78 is 103. The summed E-state index contributed by atoms with van der Waals surface area (Å²) >= 11 is 0. The monoisotopic (exact) mass is 1650 g/mol. The predicted molar refractivity (Wildman–Crippen MR) is 352 cm³/mol. The van der Waals surface area contributed by atoms with Crippen molar-refractivity contribution in [2.75, 3.05) is 46.2 Å². The van der Waals surface area contributed by atoms with E-state index in [9.17, 15) is 136 Å². The molecule has 0 unspecified atom stereocenters. The zero-order valence-electron chi connectivity index (χ0n) is 61.8. The van der Waals surface area contributed by atoms with Crippen LogP contribution in [0.3, 0.4) is 0 Å². The lowest BCUT2D eigenvalue weighted by Crippen LogP contribution is -2.71. The Labute approximate surface area is 642 Å². The summed E-state index contributed by atoms with van der Waals surface area (Å²) in [6.07, 6.45) is -79.6. The highest BCUT2D eigenvalue weighted by Crippen LogP contribution is 2.41. The van der Waals surface area contributed by atoms with Gasteiger partial charge in [0, 0.05) is 34.6 Å². The van der Waals surface area contributed by atoms with Crippen LogP contribution >= 0.6 is 0 Å². The fourth-order valence-corrected chi connectivity index (χ4v) is 14.7. The molecular weight excluding hydrogens is 1540 g/mol. The summed E-state index contributed by atoms with van der Waals surface area (Å²) in [5, 5.41) is 258. The molecule has 9 fully saturated rings. The summed E-state index contributed by atoms with van der Waals surface area (Å²) in [6, 6.07) is -9.23. The third kappa shape index (κ3) is 20.8. The van der Waals surface area contributed by atoms with E-state index in [1.165, 1.54) is 13.8 Å². The molecule has 0 aliphatic carbocycles. The molecule has 9 saturated heterocycles. The third-order valence-electron chi connectivity index (χ3n) is 20.7. The van der Waals surface area contributed by atoms with Crippen molar-refractivity contribution in [1.29, 1.82) is 0 Å². The van der Waals surface area contributed by atoms with Gasteiger partial charge in [0.05, 0.1) is 58.5 Å². The highest BCUT2D eigenvalue weighted by Gasteiger charge is 2.62. The number of nitrogens with one attached hydrogen (secondary N) is 5. The van der Waals surface area contributed by atoms with Gasteiger partial charge in [-0.25, -0.2) is 0 Å². The van der Waals surface area contributed by atoms with E-state index in [0.29, 0.717) is 0 Å². The Hall–Kier alpha value is -4.21. The van der Waals surface area contributed by atoms with Gasteiger partial charge in [0.1, 0.15) is 207 Å². The average Bonchev–Trinajstić information content (AvgIpc) is 0.763. The number of aliphatic hydroxyl groups excluding tert-OH is 22.